The van der Waals surface area contributed by atoms with E-state index in [1.807, 2.05) is 24.3 Å². The van der Waals surface area contributed by atoms with Crippen molar-refractivity contribution in [1.29, 1.82) is 0 Å². The fraction of sp³-hybridized carbons (Fsp3) is 0.100. The summed E-state index contributed by atoms with van der Waals surface area (Å²) in [6, 6.07) is 13.3. The molecule has 0 atom stereocenters. The van der Waals surface area contributed by atoms with Gasteiger partial charge in [0.2, 0.25) is 11.1 Å². The zero-order valence-electron chi connectivity index (χ0n) is 15.9. The van der Waals surface area contributed by atoms with Crippen molar-refractivity contribution in [3.05, 3.63) is 71.3 Å². The Morgan fingerprint density at radius 3 is 2.16 bits per heavy atom. The molecule has 0 saturated carbocycles. The van der Waals surface area contributed by atoms with Gasteiger partial charge in [0.05, 0.1) is 17.3 Å². The standard InChI is InChI=1S/C18H15ClFN5O.C2H2Cl2O/c19-14-8-13(4-5-15(14)20)25-18-9-17(22-10-23-18)24-12-3-1-2-11(6-12)7-16(21)26;3-1-2(4)5/h1-6,8-10H,7H2,(H2,21,26)(H2,22,23,24,25);1H2. The second-order valence-corrected chi connectivity index (χ2v) is 7.10. The van der Waals surface area contributed by atoms with Crippen molar-refractivity contribution < 1.29 is 14.0 Å². The van der Waals surface area contributed by atoms with Crippen molar-refractivity contribution in [2.24, 2.45) is 5.73 Å². The topological polar surface area (TPSA) is 110 Å². The van der Waals surface area contributed by atoms with Crippen molar-refractivity contribution in [2.75, 3.05) is 16.5 Å². The molecule has 2 aromatic carbocycles. The monoisotopic (exact) mass is 483 g/mol. The molecule has 0 aliphatic rings. The highest BCUT2D eigenvalue weighted by atomic mass is 35.5. The van der Waals surface area contributed by atoms with Crippen molar-refractivity contribution in [2.45, 2.75) is 6.42 Å². The molecule has 11 heteroatoms. The van der Waals surface area contributed by atoms with E-state index < -0.39 is 17.0 Å². The van der Waals surface area contributed by atoms with Gasteiger partial charge in [-0.2, -0.15) is 0 Å². The molecule has 1 amide bonds. The molecule has 4 N–H and O–H groups in total. The lowest BCUT2D eigenvalue weighted by atomic mass is 10.1. The predicted molar refractivity (Wildman–Crippen MR) is 121 cm³/mol. The van der Waals surface area contributed by atoms with E-state index in [-0.39, 0.29) is 17.3 Å². The van der Waals surface area contributed by atoms with Gasteiger partial charge in [0.1, 0.15) is 23.8 Å². The van der Waals surface area contributed by atoms with Crippen LogP contribution in [0.15, 0.2) is 54.9 Å². The van der Waals surface area contributed by atoms with Crippen molar-refractivity contribution in [1.82, 2.24) is 9.97 Å². The molecule has 0 aliphatic carbocycles. The third-order valence-corrected chi connectivity index (χ3v) is 4.34. The number of carbonyl (C=O) groups is 2. The van der Waals surface area contributed by atoms with Crippen LogP contribution in [-0.4, -0.2) is 27.0 Å². The Kier molecular flexibility index (Phi) is 9.45. The molecule has 0 radical (unpaired) electrons. The minimum Gasteiger partial charge on any atom is -0.369 e. The summed E-state index contributed by atoms with van der Waals surface area (Å²) in [5.41, 5.74) is 7.38. The fourth-order valence-corrected chi connectivity index (χ4v) is 2.50. The van der Waals surface area contributed by atoms with E-state index in [2.05, 4.69) is 20.6 Å². The average Bonchev–Trinajstić information content (AvgIpc) is 2.71. The minimum atomic E-state index is -0.508. The molecule has 0 aliphatic heterocycles. The van der Waals surface area contributed by atoms with E-state index in [0.29, 0.717) is 17.3 Å². The van der Waals surface area contributed by atoms with E-state index >= 15 is 0 Å². The van der Waals surface area contributed by atoms with E-state index in [1.165, 1.54) is 18.5 Å². The van der Waals surface area contributed by atoms with Gasteiger partial charge in [0, 0.05) is 17.4 Å². The molecule has 0 saturated heterocycles. The first-order valence-corrected chi connectivity index (χ1v) is 9.98. The van der Waals surface area contributed by atoms with Crippen LogP contribution >= 0.6 is 34.8 Å². The Bertz CT molecular complexity index is 1070. The van der Waals surface area contributed by atoms with E-state index in [9.17, 15) is 14.0 Å². The number of benzene rings is 2. The molecule has 1 aromatic heterocycles. The molecule has 0 unspecified atom stereocenters. The summed E-state index contributed by atoms with van der Waals surface area (Å²) in [5.74, 6) is 0.0822. The van der Waals surface area contributed by atoms with Gasteiger partial charge in [0.15, 0.2) is 0 Å². The maximum Gasteiger partial charge on any atom is 0.236 e. The number of anilines is 4. The molecule has 162 valence electrons. The van der Waals surface area contributed by atoms with Gasteiger partial charge in [-0.05, 0) is 47.5 Å². The number of primary amides is 1. The summed E-state index contributed by atoms with van der Waals surface area (Å²) in [7, 11) is 0. The van der Waals surface area contributed by atoms with Crippen LogP contribution in [-0.2, 0) is 16.0 Å². The fourth-order valence-electron chi connectivity index (χ4n) is 2.32. The molecule has 31 heavy (non-hydrogen) atoms. The Morgan fingerprint density at radius 1 is 1.00 bits per heavy atom. The lowest BCUT2D eigenvalue weighted by Gasteiger charge is -2.10. The molecular formula is C20H17Cl3FN5O2. The molecule has 0 spiro atoms. The summed E-state index contributed by atoms with van der Waals surface area (Å²) in [4.78, 5) is 28.8. The lowest BCUT2D eigenvalue weighted by molar-refractivity contribution is -0.117. The number of nitrogens with one attached hydrogen (secondary N) is 2. The Morgan fingerprint density at radius 2 is 1.61 bits per heavy atom. The summed E-state index contributed by atoms with van der Waals surface area (Å²) >= 11 is 15.3. The number of alkyl halides is 1. The van der Waals surface area contributed by atoms with Crippen LogP contribution in [0.2, 0.25) is 5.02 Å². The van der Waals surface area contributed by atoms with Crippen LogP contribution in [0.25, 0.3) is 0 Å². The molecule has 3 rings (SSSR count). The van der Waals surface area contributed by atoms with Crippen LogP contribution in [0.5, 0.6) is 0 Å². The summed E-state index contributed by atoms with van der Waals surface area (Å²) in [6.07, 6.45) is 1.56. The van der Waals surface area contributed by atoms with Crippen molar-refractivity contribution >= 4 is 69.0 Å². The van der Waals surface area contributed by atoms with Crippen LogP contribution in [0.1, 0.15) is 5.56 Å². The Labute approximate surface area is 192 Å². The van der Waals surface area contributed by atoms with E-state index in [0.717, 1.165) is 11.3 Å². The zero-order chi connectivity index (χ0) is 22.8. The normalized spacial score (nSPS) is 9.94. The maximum atomic E-state index is 13.2. The molecular weight excluding hydrogens is 468 g/mol. The summed E-state index contributed by atoms with van der Waals surface area (Å²) in [6.45, 7) is 0. The first kappa shape index (κ1) is 24.3. The van der Waals surface area contributed by atoms with Crippen LogP contribution in [0.3, 0.4) is 0 Å². The number of hydrogen-bond donors (Lipinski definition) is 3. The first-order chi connectivity index (χ1) is 14.8. The number of carbonyl (C=O) groups excluding carboxylic acids is 2. The zero-order valence-corrected chi connectivity index (χ0v) is 18.2. The molecule has 7 nitrogen and oxygen atoms in total. The number of halogens is 4. The van der Waals surface area contributed by atoms with Gasteiger partial charge in [-0.1, -0.05) is 23.7 Å². The second-order valence-electron chi connectivity index (χ2n) is 6.00. The van der Waals surface area contributed by atoms with Crippen LogP contribution in [0, 0.1) is 5.82 Å². The minimum absolute atomic E-state index is 0.0219. The summed E-state index contributed by atoms with van der Waals surface area (Å²) < 4.78 is 13.2. The third-order valence-electron chi connectivity index (χ3n) is 3.54. The highest BCUT2D eigenvalue weighted by Crippen LogP contribution is 2.23. The van der Waals surface area contributed by atoms with E-state index in [4.69, 9.17) is 40.5 Å². The molecule has 0 bridgehead atoms. The SMILES string of the molecule is NC(=O)Cc1cccc(Nc2cc(Nc3ccc(F)c(Cl)c3)ncn2)c1.O=C(Cl)CCl. The molecule has 0 fully saturated rings. The number of rotatable bonds is 7. The predicted octanol–water partition coefficient (Wildman–Crippen LogP) is 4.77. The molecule has 1 heterocycles. The summed E-state index contributed by atoms with van der Waals surface area (Å²) in [5, 5.41) is 5.68. The van der Waals surface area contributed by atoms with Crippen molar-refractivity contribution in [3.8, 4) is 0 Å². The number of hydrogen-bond acceptors (Lipinski definition) is 6. The van der Waals surface area contributed by atoms with E-state index in [1.54, 1.807) is 12.1 Å². The number of nitrogens with zero attached hydrogens (tertiary/aromatic N) is 2. The largest absolute Gasteiger partial charge is 0.369 e. The highest BCUT2D eigenvalue weighted by molar-refractivity contribution is 6.67. The number of nitrogens with two attached hydrogens (primary N) is 1. The Hall–Kier alpha value is -2.94. The Balaban J connectivity index is 0.000000614. The first-order valence-electron chi connectivity index (χ1n) is 8.69. The third kappa shape index (κ3) is 8.75. The number of amides is 1. The van der Waals surface area contributed by atoms with Gasteiger partial charge in [-0.25, -0.2) is 14.4 Å². The smallest absolute Gasteiger partial charge is 0.236 e. The van der Waals surface area contributed by atoms with Gasteiger partial charge >= 0.3 is 0 Å². The molecule has 3 aromatic rings. The lowest BCUT2D eigenvalue weighted by Crippen LogP contribution is -2.13. The van der Waals surface area contributed by atoms with Gasteiger partial charge in [-0.15, -0.1) is 11.6 Å². The quantitative estimate of drug-likeness (QED) is 0.329. The van der Waals surface area contributed by atoms with Crippen LogP contribution < -0.4 is 16.4 Å². The second kappa shape index (κ2) is 12.0. The van der Waals surface area contributed by atoms with Crippen molar-refractivity contribution in [3.63, 3.8) is 0 Å². The van der Waals surface area contributed by atoms with Crippen LogP contribution in [0.4, 0.5) is 27.4 Å². The highest BCUT2D eigenvalue weighted by Gasteiger charge is 2.05. The van der Waals surface area contributed by atoms with Gasteiger partial charge in [-0.3, -0.25) is 9.59 Å². The number of aromatic nitrogens is 2. The maximum absolute atomic E-state index is 13.2. The van der Waals surface area contributed by atoms with Gasteiger partial charge in [0.25, 0.3) is 0 Å². The van der Waals surface area contributed by atoms with Gasteiger partial charge < -0.3 is 16.4 Å². The average molecular weight is 485 g/mol.